The van der Waals surface area contributed by atoms with E-state index in [2.05, 4.69) is 9.88 Å². The fraction of sp³-hybridized carbons (Fsp3) is 0.562. The molecular weight excluding hydrogens is 300 g/mol. The van der Waals surface area contributed by atoms with Gasteiger partial charge in [-0.2, -0.15) is 15.5 Å². The van der Waals surface area contributed by atoms with Gasteiger partial charge in [0.2, 0.25) is 5.88 Å². The average Bonchev–Trinajstić information content (AvgIpc) is 2.48. The molecule has 1 saturated heterocycles. The average molecular weight is 317 g/mol. The van der Waals surface area contributed by atoms with Crippen molar-refractivity contribution < 1.29 is 4.74 Å². The Labute approximate surface area is 135 Å². The van der Waals surface area contributed by atoms with Gasteiger partial charge in [-0.1, -0.05) is 18.0 Å². The van der Waals surface area contributed by atoms with Gasteiger partial charge in [-0.25, -0.2) is 0 Å². The van der Waals surface area contributed by atoms with Gasteiger partial charge in [-0.05, 0) is 31.7 Å². The Hall–Kier alpha value is -1.82. The Morgan fingerprint density at radius 3 is 2.36 bits per heavy atom. The highest BCUT2D eigenvalue weighted by molar-refractivity contribution is 6.30. The molecule has 2 heterocycles. The number of hydrogen-bond acceptors (Lipinski definition) is 5. The van der Waals surface area contributed by atoms with Crippen LogP contribution in [-0.2, 0) is 0 Å². The maximum atomic E-state index is 9.18. The predicted molar refractivity (Wildman–Crippen MR) is 81.5 cm³/mol. The number of nitriles is 2. The number of halogens is 1. The second-order valence-electron chi connectivity index (χ2n) is 5.84. The smallest absolute Gasteiger partial charge is 0.233 e. The van der Waals surface area contributed by atoms with Gasteiger partial charge in [0, 0.05) is 19.1 Å². The lowest BCUT2D eigenvalue weighted by Crippen LogP contribution is -2.46. The molecule has 6 heteroatoms. The zero-order chi connectivity index (χ0) is 15.5. The minimum absolute atomic E-state index is 0.0555. The molecule has 114 valence electrons. The van der Waals surface area contributed by atoms with Gasteiger partial charge in [0.25, 0.3) is 0 Å². The molecule has 2 aliphatic rings. The summed E-state index contributed by atoms with van der Waals surface area (Å²) in [5, 5.41) is 18.2. The molecule has 3 rings (SSSR count). The van der Waals surface area contributed by atoms with Crippen LogP contribution in [0.25, 0.3) is 0 Å². The van der Waals surface area contributed by atoms with Gasteiger partial charge in [0.05, 0.1) is 5.56 Å². The lowest BCUT2D eigenvalue weighted by molar-refractivity contribution is 0.0474. The van der Waals surface area contributed by atoms with Crippen LogP contribution in [0.5, 0.6) is 5.88 Å². The number of pyridine rings is 1. The van der Waals surface area contributed by atoms with E-state index in [1.54, 1.807) is 0 Å². The van der Waals surface area contributed by atoms with E-state index in [4.69, 9.17) is 21.6 Å². The van der Waals surface area contributed by atoms with Crippen LogP contribution in [0.3, 0.4) is 0 Å². The van der Waals surface area contributed by atoms with Crippen LogP contribution in [0, 0.1) is 22.7 Å². The fourth-order valence-electron chi connectivity index (χ4n) is 2.99. The third-order valence-corrected chi connectivity index (χ3v) is 4.82. The second kappa shape index (κ2) is 6.52. The van der Waals surface area contributed by atoms with Gasteiger partial charge in [0.1, 0.15) is 23.8 Å². The number of nitrogens with zero attached hydrogens (tertiary/aromatic N) is 4. The van der Waals surface area contributed by atoms with Crippen molar-refractivity contribution in [1.82, 2.24) is 9.88 Å². The van der Waals surface area contributed by atoms with E-state index >= 15 is 0 Å². The molecule has 0 atom stereocenters. The molecule has 1 aliphatic heterocycles. The lowest BCUT2D eigenvalue weighted by atomic mass is 9.90. The Bertz CT molecular complexity index is 637. The summed E-state index contributed by atoms with van der Waals surface area (Å²) in [5.74, 6) is 0.244. The first-order chi connectivity index (χ1) is 10.7. The Morgan fingerprint density at radius 2 is 1.82 bits per heavy atom. The topological polar surface area (TPSA) is 72.9 Å². The summed E-state index contributed by atoms with van der Waals surface area (Å²) in [5.41, 5.74) is 0.466. The minimum Gasteiger partial charge on any atom is -0.473 e. The quantitative estimate of drug-likeness (QED) is 0.802. The van der Waals surface area contributed by atoms with Crippen LogP contribution in [-0.4, -0.2) is 35.1 Å². The normalized spacial score (nSPS) is 20.0. The first-order valence-electron chi connectivity index (χ1n) is 7.62. The van der Waals surface area contributed by atoms with Crippen LogP contribution in [0.4, 0.5) is 0 Å². The van der Waals surface area contributed by atoms with Crippen LogP contribution < -0.4 is 4.74 Å². The van der Waals surface area contributed by atoms with E-state index in [1.807, 2.05) is 12.1 Å². The summed E-state index contributed by atoms with van der Waals surface area (Å²) in [6.07, 6.45) is 5.90. The lowest BCUT2D eigenvalue weighted by Gasteiger charge is -2.41. The largest absolute Gasteiger partial charge is 0.473 e. The molecule has 0 spiro atoms. The first-order valence-corrected chi connectivity index (χ1v) is 8.00. The number of ether oxygens (including phenoxy) is 1. The molecule has 2 fully saturated rings. The molecule has 0 bridgehead atoms. The number of rotatable bonds is 3. The van der Waals surface area contributed by atoms with Crippen molar-refractivity contribution in [2.45, 2.75) is 44.2 Å². The van der Waals surface area contributed by atoms with Gasteiger partial charge in [-0.3, -0.25) is 0 Å². The summed E-state index contributed by atoms with van der Waals surface area (Å²) in [6, 6.07) is 6.15. The van der Waals surface area contributed by atoms with Gasteiger partial charge in [0.15, 0.2) is 5.15 Å². The van der Waals surface area contributed by atoms with Gasteiger partial charge in [-0.15, -0.1) is 0 Å². The molecule has 0 radical (unpaired) electrons. The molecular formula is C16H17ClN4O. The van der Waals surface area contributed by atoms with Crippen molar-refractivity contribution in [3.8, 4) is 18.0 Å². The van der Waals surface area contributed by atoms with Crippen molar-refractivity contribution in [3.63, 3.8) is 0 Å². The van der Waals surface area contributed by atoms with Gasteiger partial charge >= 0.3 is 0 Å². The number of likely N-dealkylation sites (tertiary alicyclic amines) is 1. The standard InChI is InChI=1S/C16H17ClN4O/c17-15-11(9-18)8-12(10-19)16(20-15)22-14-4-6-21(7-5-14)13-2-1-3-13/h8,13-14H,1-7H2. The SMILES string of the molecule is N#Cc1cc(C#N)c(OC2CCN(C3CCC3)CC2)nc1Cl. The van der Waals surface area contributed by atoms with Crippen molar-refractivity contribution in [1.29, 1.82) is 10.5 Å². The Kier molecular flexibility index (Phi) is 4.47. The third kappa shape index (κ3) is 3.02. The first kappa shape index (κ1) is 15.1. The zero-order valence-corrected chi connectivity index (χ0v) is 13.0. The predicted octanol–water partition coefficient (Wildman–Crippen LogP) is 2.87. The van der Waals surface area contributed by atoms with E-state index in [0.29, 0.717) is 0 Å². The van der Waals surface area contributed by atoms with E-state index in [-0.39, 0.29) is 28.3 Å². The van der Waals surface area contributed by atoms with E-state index in [1.165, 1.54) is 25.3 Å². The molecule has 1 aromatic heterocycles. The van der Waals surface area contributed by atoms with E-state index in [0.717, 1.165) is 32.0 Å². The number of aromatic nitrogens is 1. The molecule has 1 aliphatic carbocycles. The minimum atomic E-state index is 0.0555. The van der Waals surface area contributed by atoms with E-state index < -0.39 is 0 Å². The summed E-state index contributed by atoms with van der Waals surface area (Å²) < 4.78 is 5.88. The van der Waals surface area contributed by atoms with Crippen LogP contribution in [0.2, 0.25) is 5.15 Å². The highest BCUT2D eigenvalue weighted by Crippen LogP contribution is 2.29. The molecule has 0 unspecified atom stereocenters. The molecule has 0 N–H and O–H groups in total. The maximum absolute atomic E-state index is 9.18. The molecule has 1 saturated carbocycles. The summed E-state index contributed by atoms with van der Waals surface area (Å²) in [7, 11) is 0. The van der Waals surface area contributed by atoms with Crippen molar-refractivity contribution >= 4 is 11.6 Å². The summed E-state index contributed by atoms with van der Waals surface area (Å²) >= 11 is 5.94. The van der Waals surface area contributed by atoms with Crippen molar-refractivity contribution in [2.24, 2.45) is 0 Å². The van der Waals surface area contributed by atoms with Gasteiger partial charge < -0.3 is 9.64 Å². The molecule has 1 aromatic rings. The molecule has 0 amide bonds. The third-order valence-electron chi connectivity index (χ3n) is 4.53. The Morgan fingerprint density at radius 1 is 1.14 bits per heavy atom. The molecule has 5 nitrogen and oxygen atoms in total. The summed E-state index contributed by atoms with van der Waals surface area (Å²) in [6.45, 7) is 2.06. The number of piperidine rings is 1. The molecule has 0 aromatic carbocycles. The maximum Gasteiger partial charge on any atom is 0.233 e. The monoisotopic (exact) mass is 316 g/mol. The highest BCUT2D eigenvalue weighted by Gasteiger charge is 2.29. The van der Waals surface area contributed by atoms with Crippen molar-refractivity contribution in [2.75, 3.05) is 13.1 Å². The summed E-state index contributed by atoms with van der Waals surface area (Å²) in [4.78, 5) is 6.61. The fourth-order valence-corrected chi connectivity index (χ4v) is 3.17. The zero-order valence-electron chi connectivity index (χ0n) is 12.3. The molecule has 22 heavy (non-hydrogen) atoms. The van der Waals surface area contributed by atoms with Crippen LogP contribution in [0.15, 0.2) is 6.07 Å². The highest BCUT2D eigenvalue weighted by atomic mass is 35.5. The second-order valence-corrected chi connectivity index (χ2v) is 6.20. The Balaban J connectivity index is 1.65. The van der Waals surface area contributed by atoms with Crippen LogP contribution >= 0.6 is 11.6 Å². The number of hydrogen-bond donors (Lipinski definition) is 0. The van der Waals surface area contributed by atoms with Crippen molar-refractivity contribution in [3.05, 3.63) is 22.3 Å². The van der Waals surface area contributed by atoms with Crippen LogP contribution in [0.1, 0.15) is 43.2 Å². The van der Waals surface area contributed by atoms with E-state index in [9.17, 15) is 5.26 Å².